The third-order valence-corrected chi connectivity index (χ3v) is 4.18. The fourth-order valence-corrected chi connectivity index (χ4v) is 2.75. The minimum absolute atomic E-state index is 0.198. The Morgan fingerprint density at radius 3 is 2.57 bits per heavy atom. The largest absolute Gasteiger partial charge is 0.454 e. The molecule has 116 valence electrons. The summed E-state index contributed by atoms with van der Waals surface area (Å²) >= 11 is 1.39. The number of ketones is 1. The Balaban J connectivity index is 1.61. The Morgan fingerprint density at radius 1 is 1.17 bits per heavy atom. The van der Waals surface area contributed by atoms with E-state index in [-0.39, 0.29) is 12.4 Å². The summed E-state index contributed by atoms with van der Waals surface area (Å²) in [6.45, 7) is 1.66. The number of hydrogen-bond acceptors (Lipinski definition) is 6. The predicted molar refractivity (Wildman–Crippen MR) is 85.0 cm³/mol. The van der Waals surface area contributed by atoms with Crippen LogP contribution in [0.5, 0.6) is 0 Å². The lowest BCUT2D eigenvalue weighted by Crippen LogP contribution is -2.13. The minimum Gasteiger partial charge on any atom is -0.454 e. The van der Waals surface area contributed by atoms with Gasteiger partial charge in [0.15, 0.2) is 6.61 Å². The summed E-state index contributed by atoms with van der Waals surface area (Å²) in [6.07, 6.45) is 3.00. The van der Waals surface area contributed by atoms with Gasteiger partial charge in [0.05, 0.1) is 16.1 Å². The van der Waals surface area contributed by atoms with Crippen LogP contribution >= 0.6 is 11.3 Å². The first-order chi connectivity index (χ1) is 11.1. The molecule has 0 saturated carbocycles. The fourth-order valence-electron chi connectivity index (χ4n) is 1.96. The van der Waals surface area contributed by atoms with Crippen LogP contribution in [0.4, 0.5) is 0 Å². The van der Waals surface area contributed by atoms with E-state index >= 15 is 0 Å². The molecule has 6 nitrogen and oxygen atoms in total. The molecule has 0 spiro atoms. The van der Waals surface area contributed by atoms with Gasteiger partial charge >= 0.3 is 5.97 Å². The van der Waals surface area contributed by atoms with Crippen molar-refractivity contribution < 1.29 is 14.3 Å². The van der Waals surface area contributed by atoms with Crippen LogP contribution < -0.4 is 0 Å². The number of carbonyl (C=O) groups excluding carboxylic acids is 2. The van der Waals surface area contributed by atoms with E-state index in [9.17, 15) is 9.59 Å². The van der Waals surface area contributed by atoms with Crippen molar-refractivity contribution in [1.29, 1.82) is 0 Å². The molecule has 0 fully saturated rings. The number of nitrogens with zero attached hydrogens (tertiary/aromatic N) is 3. The number of ether oxygens (including phenoxy) is 1. The number of Topliss-reactive ketones (excluding diaryl/α,β-unsaturated/α-hetero) is 1. The van der Waals surface area contributed by atoms with Gasteiger partial charge < -0.3 is 4.74 Å². The first kappa shape index (κ1) is 15.1. The summed E-state index contributed by atoms with van der Waals surface area (Å²) in [6, 6.07) is 10.3. The van der Waals surface area contributed by atoms with E-state index in [1.54, 1.807) is 41.3 Å². The highest BCUT2D eigenvalue weighted by atomic mass is 32.1. The van der Waals surface area contributed by atoms with Crippen molar-refractivity contribution in [2.75, 3.05) is 6.61 Å². The van der Waals surface area contributed by atoms with Crippen molar-refractivity contribution in [3.63, 3.8) is 0 Å². The van der Waals surface area contributed by atoms with Crippen molar-refractivity contribution in [2.45, 2.75) is 6.92 Å². The maximum atomic E-state index is 12.0. The van der Waals surface area contributed by atoms with E-state index < -0.39 is 5.97 Å². The van der Waals surface area contributed by atoms with Gasteiger partial charge in [0.1, 0.15) is 12.7 Å². The predicted octanol–water partition coefficient (Wildman–Crippen LogP) is 2.68. The first-order valence-corrected chi connectivity index (χ1v) is 7.67. The number of aromatic nitrogens is 3. The number of benzene rings is 1. The van der Waals surface area contributed by atoms with E-state index in [2.05, 4.69) is 10.1 Å². The van der Waals surface area contributed by atoms with Gasteiger partial charge in [-0.15, -0.1) is 11.3 Å². The Morgan fingerprint density at radius 2 is 1.96 bits per heavy atom. The van der Waals surface area contributed by atoms with Gasteiger partial charge in [-0.3, -0.25) is 4.79 Å². The van der Waals surface area contributed by atoms with Crippen LogP contribution in [0, 0.1) is 6.92 Å². The molecule has 0 bridgehead atoms. The van der Waals surface area contributed by atoms with Crippen LogP contribution in [0.3, 0.4) is 0 Å². The molecular formula is C16H13N3O3S. The Kier molecular flexibility index (Phi) is 4.29. The van der Waals surface area contributed by atoms with Crippen LogP contribution in [0.2, 0.25) is 0 Å². The summed E-state index contributed by atoms with van der Waals surface area (Å²) in [5.41, 5.74) is 1.16. The Labute approximate surface area is 136 Å². The second-order valence-electron chi connectivity index (χ2n) is 4.80. The molecule has 0 unspecified atom stereocenters. The highest BCUT2D eigenvalue weighted by Gasteiger charge is 2.13. The highest BCUT2D eigenvalue weighted by molar-refractivity contribution is 7.14. The van der Waals surface area contributed by atoms with Crippen LogP contribution in [0.1, 0.15) is 24.9 Å². The van der Waals surface area contributed by atoms with Crippen molar-refractivity contribution in [3.05, 3.63) is 64.4 Å². The van der Waals surface area contributed by atoms with Crippen molar-refractivity contribution in [1.82, 2.24) is 14.8 Å². The molecule has 3 aromatic rings. The fraction of sp³-hybridized carbons (Fsp3) is 0.125. The first-order valence-electron chi connectivity index (χ1n) is 6.85. The topological polar surface area (TPSA) is 74.1 Å². The highest BCUT2D eigenvalue weighted by Crippen LogP contribution is 2.16. The van der Waals surface area contributed by atoms with Gasteiger partial charge in [0.25, 0.3) is 0 Å². The summed E-state index contributed by atoms with van der Waals surface area (Å²) in [7, 11) is 0. The number of carbonyl (C=O) groups is 2. The van der Waals surface area contributed by atoms with Crippen molar-refractivity contribution in [3.8, 4) is 5.69 Å². The second kappa shape index (κ2) is 6.53. The molecule has 23 heavy (non-hydrogen) atoms. The number of aryl methyl sites for hydroxylation is 1. The zero-order chi connectivity index (χ0) is 16.2. The zero-order valence-electron chi connectivity index (χ0n) is 12.3. The normalized spacial score (nSPS) is 10.5. The van der Waals surface area contributed by atoms with E-state index in [1.807, 2.05) is 13.0 Å². The Bertz CT molecular complexity index is 823. The van der Waals surface area contributed by atoms with Gasteiger partial charge in [-0.25, -0.2) is 14.5 Å². The minimum atomic E-state index is -0.531. The quantitative estimate of drug-likeness (QED) is 0.532. The number of rotatable bonds is 5. The molecule has 0 amide bonds. The van der Waals surface area contributed by atoms with E-state index in [4.69, 9.17) is 4.74 Å². The molecule has 2 aromatic heterocycles. The summed E-state index contributed by atoms with van der Waals surface area (Å²) in [5.74, 6) is -0.729. The molecular weight excluding hydrogens is 314 g/mol. The lowest BCUT2D eigenvalue weighted by molar-refractivity contribution is 0.0476. The van der Waals surface area contributed by atoms with Crippen molar-refractivity contribution in [2.24, 2.45) is 0 Å². The molecule has 0 radical (unpaired) electrons. The molecule has 0 aliphatic heterocycles. The van der Waals surface area contributed by atoms with Crippen molar-refractivity contribution >= 4 is 23.1 Å². The SMILES string of the molecule is Cc1ccc(C(=O)COC(=O)c2ccc(-n3cncn3)cc2)s1. The van der Waals surface area contributed by atoms with E-state index in [0.717, 1.165) is 10.6 Å². The molecule has 1 aromatic carbocycles. The molecule has 0 aliphatic carbocycles. The average Bonchev–Trinajstić information content (AvgIpc) is 3.24. The van der Waals surface area contributed by atoms with Gasteiger partial charge in [-0.05, 0) is 43.3 Å². The summed E-state index contributed by atoms with van der Waals surface area (Å²) in [5, 5.41) is 4.00. The number of thiophene rings is 1. The lowest BCUT2D eigenvalue weighted by Gasteiger charge is -2.05. The van der Waals surface area contributed by atoms with Crippen LogP contribution in [-0.4, -0.2) is 33.1 Å². The van der Waals surface area contributed by atoms with E-state index in [0.29, 0.717) is 10.4 Å². The third-order valence-electron chi connectivity index (χ3n) is 3.14. The van der Waals surface area contributed by atoms with Crippen LogP contribution in [0.15, 0.2) is 49.1 Å². The smallest absolute Gasteiger partial charge is 0.338 e. The molecule has 0 N–H and O–H groups in total. The third kappa shape index (κ3) is 3.51. The van der Waals surface area contributed by atoms with Gasteiger partial charge in [-0.1, -0.05) is 0 Å². The molecule has 7 heteroatoms. The lowest BCUT2D eigenvalue weighted by atomic mass is 10.2. The standard InChI is InChI=1S/C16H13N3O3S/c1-11-2-7-15(23-11)14(20)8-22-16(21)12-3-5-13(6-4-12)19-10-17-9-18-19/h2-7,9-10H,8H2,1H3. The zero-order valence-corrected chi connectivity index (χ0v) is 13.1. The van der Waals surface area contributed by atoms with Crippen LogP contribution in [0.25, 0.3) is 5.69 Å². The monoisotopic (exact) mass is 327 g/mol. The number of hydrogen-bond donors (Lipinski definition) is 0. The van der Waals surface area contributed by atoms with E-state index in [1.165, 1.54) is 17.7 Å². The average molecular weight is 327 g/mol. The van der Waals surface area contributed by atoms with Gasteiger partial charge in [0, 0.05) is 4.88 Å². The van der Waals surface area contributed by atoms with Gasteiger partial charge in [0.2, 0.25) is 5.78 Å². The molecule has 0 saturated heterocycles. The summed E-state index contributed by atoms with van der Waals surface area (Å²) in [4.78, 5) is 29.4. The Hall–Kier alpha value is -2.80. The van der Waals surface area contributed by atoms with Crippen LogP contribution in [-0.2, 0) is 4.74 Å². The van der Waals surface area contributed by atoms with Gasteiger partial charge in [-0.2, -0.15) is 5.10 Å². The molecule has 3 rings (SSSR count). The number of esters is 1. The summed E-state index contributed by atoms with van der Waals surface area (Å²) < 4.78 is 6.65. The molecule has 2 heterocycles. The second-order valence-corrected chi connectivity index (χ2v) is 6.08. The maximum absolute atomic E-state index is 12.0. The molecule has 0 atom stereocenters. The molecule has 0 aliphatic rings. The maximum Gasteiger partial charge on any atom is 0.338 e.